The number of hydrogen-bond acceptors (Lipinski definition) is 4. The summed E-state index contributed by atoms with van der Waals surface area (Å²) in [4.78, 5) is 16.2. The first-order valence-corrected chi connectivity index (χ1v) is 6.84. The fourth-order valence-corrected chi connectivity index (χ4v) is 2.70. The summed E-state index contributed by atoms with van der Waals surface area (Å²) in [7, 11) is 1.90. The molecular weight excluding hydrogens is 268 g/mol. The molecule has 1 fully saturated rings. The van der Waals surface area contributed by atoms with Crippen LogP contribution in [-0.4, -0.2) is 17.0 Å². The third-order valence-electron chi connectivity index (χ3n) is 3.83. The molecule has 0 aromatic heterocycles. The van der Waals surface area contributed by atoms with Crippen LogP contribution >= 0.6 is 0 Å². The number of non-ortho nitro benzene ring substituents is 1. The van der Waals surface area contributed by atoms with Crippen LogP contribution in [0.1, 0.15) is 29.7 Å². The molecule has 0 bridgehead atoms. The predicted octanol–water partition coefficient (Wildman–Crippen LogP) is 3.64. The van der Waals surface area contributed by atoms with Gasteiger partial charge in [0, 0.05) is 25.6 Å². The van der Waals surface area contributed by atoms with E-state index in [0.29, 0.717) is 0 Å². The van der Waals surface area contributed by atoms with Crippen molar-refractivity contribution in [3.63, 3.8) is 0 Å². The molecule has 2 atom stereocenters. The summed E-state index contributed by atoms with van der Waals surface area (Å²) in [6.45, 7) is 0. The normalized spacial score (nSPS) is 22.3. The van der Waals surface area contributed by atoms with E-state index in [-0.39, 0.29) is 22.8 Å². The van der Waals surface area contributed by atoms with Gasteiger partial charge in [-0.15, -0.1) is 0 Å². The molecular formula is C16H16N2O3. The van der Waals surface area contributed by atoms with Crippen molar-refractivity contribution in [1.29, 1.82) is 0 Å². The largest absolute Gasteiger partial charge is 0.291 e. The van der Waals surface area contributed by atoms with Crippen molar-refractivity contribution in [2.45, 2.75) is 18.6 Å². The second kappa shape index (κ2) is 5.63. The summed E-state index contributed by atoms with van der Waals surface area (Å²) in [5, 5.41) is 12.5. The SMILES string of the molecule is CN1O[C@H](c2ccccc2)C[C@H]1c1ccc([N+](=O)[O-])cc1. The number of rotatable bonds is 3. The van der Waals surface area contributed by atoms with E-state index >= 15 is 0 Å². The molecule has 108 valence electrons. The molecule has 0 saturated carbocycles. The Labute approximate surface area is 122 Å². The Morgan fingerprint density at radius 1 is 1.10 bits per heavy atom. The lowest BCUT2D eigenvalue weighted by Gasteiger charge is -2.17. The molecule has 1 aliphatic heterocycles. The Morgan fingerprint density at radius 2 is 1.76 bits per heavy atom. The fourth-order valence-electron chi connectivity index (χ4n) is 2.70. The highest BCUT2D eigenvalue weighted by Gasteiger charge is 2.33. The van der Waals surface area contributed by atoms with Crippen LogP contribution < -0.4 is 0 Å². The molecule has 0 spiro atoms. The van der Waals surface area contributed by atoms with Crippen molar-refractivity contribution in [3.8, 4) is 0 Å². The average molecular weight is 284 g/mol. The van der Waals surface area contributed by atoms with Gasteiger partial charge in [0.05, 0.1) is 11.0 Å². The van der Waals surface area contributed by atoms with Crippen LogP contribution in [-0.2, 0) is 4.84 Å². The van der Waals surface area contributed by atoms with Crippen LogP contribution in [0.5, 0.6) is 0 Å². The number of hydroxylamine groups is 2. The Bertz CT molecular complexity index is 628. The van der Waals surface area contributed by atoms with Gasteiger partial charge in [-0.1, -0.05) is 42.5 Å². The summed E-state index contributed by atoms with van der Waals surface area (Å²) in [6, 6.07) is 16.9. The molecule has 1 aliphatic rings. The van der Waals surface area contributed by atoms with E-state index in [1.165, 1.54) is 0 Å². The van der Waals surface area contributed by atoms with Crippen LogP contribution in [0.2, 0.25) is 0 Å². The van der Waals surface area contributed by atoms with Gasteiger partial charge >= 0.3 is 0 Å². The Hall–Kier alpha value is -2.24. The minimum atomic E-state index is -0.384. The lowest BCUT2D eigenvalue weighted by atomic mass is 9.98. The minimum absolute atomic E-state index is 0.0244. The zero-order chi connectivity index (χ0) is 14.8. The molecule has 2 aromatic carbocycles. The summed E-state index contributed by atoms with van der Waals surface area (Å²) in [5.74, 6) is 0. The number of benzene rings is 2. The van der Waals surface area contributed by atoms with Crippen LogP contribution in [0.3, 0.4) is 0 Å². The quantitative estimate of drug-likeness (QED) is 0.637. The van der Waals surface area contributed by atoms with Crippen LogP contribution in [0.15, 0.2) is 54.6 Å². The van der Waals surface area contributed by atoms with Gasteiger partial charge in [-0.25, -0.2) is 0 Å². The lowest BCUT2D eigenvalue weighted by molar-refractivity contribution is -0.384. The third-order valence-corrected chi connectivity index (χ3v) is 3.83. The number of hydrogen-bond donors (Lipinski definition) is 0. The second-order valence-corrected chi connectivity index (χ2v) is 5.15. The first kappa shape index (κ1) is 13.7. The van der Waals surface area contributed by atoms with Crippen molar-refractivity contribution in [1.82, 2.24) is 5.06 Å². The molecule has 0 aliphatic carbocycles. The summed E-state index contributed by atoms with van der Waals surface area (Å²) < 4.78 is 0. The van der Waals surface area contributed by atoms with Crippen LogP contribution in [0.4, 0.5) is 5.69 Å². The number of nitro groups is 1. The molecule has 1 heterocycles. The Morgan fingerprint density at radius 3 is 2.38 bits per heavy atom. The van der Waals surface area contributed by atoms with E-state index in [1.54, 1.807) is 24.3 Å². The summed E-state index contributed by atoms with van der Waals surface area (Å²) >= 11 is 0. The molecule has 2 aromatic rings. The van der Waals surface area contributed by atoms with Crippen LogP contribution in [0, 0.1) is 10.1 Å². The van der Waals surface area contributed by atoms with Gasteiger partial charge in [0.15, 0.2) is 0 Å². The molecule has 3 rings (SSSR count). The van der Waals surface area contributed by atoms with Crippen molar-refractivity contribution < 1.29 is 9.76 Å². The standard InChI is InChI=1S/C16H16N2O3/c1-17-15(12-7-9-14(10-8-12)18(19)20)11-16(21-17)13-5-3-2-4-6-13/h2-10,15-16H,11H2,1H3/t15-,16-/m0/s1. The van der Waals surface area contributed by atoms with Gasteiger partial charge in [0.1, 0.15) is 6.10 Å². The maximum Gasteiger partial charge on any atom is 0.269 e. The average Bonchev–Trinajstić information content (AvgIpc) is 2.90. The Kier molecular flexibility index (Phi) is 3.68. The van der Waals surface area contributed by atoms with Crippen molar-refractivity contribution in [2.75, 3.05) is 7.05 Å². The molecule has 0 N–H and O–H groups in total. The third kappa shape index (κ3) is 2.79. The molecule has 0 unspecified atom stereocenters. The van der Waals surface area contributed by atoms with Gasteiger partial charge in [0.2, 0.25) is 0 Å². The first-order chi connectivity index (χ1) is 10.1. The highest BCUT2D eigenvalue weighted by atomic mass is 16.7. The number of nitrogens with zero attached hydrogens (tertiary/aromatic N) is 2. The smallest absolute Gasteiger partial charge is 0.269 e. The van der Waals surface area contributed by atoms with Gasteiger partial charge in [-0.2, -0.15) is 5.06 Å². The van der Waals surface area contributed by atoms with E-state index < -0.39 is 0 Å². The predicted molar refractivity (Wildman–Crippen MR) is 78.5 cm³/mol. The van der Waals surface area contributed by atoms with Gasteiger partial charge < -0.3 is 0 Å². The fraction of sp³-hybridized carbons (Fsp3) is 0.250. The Balaban J connectivity index is 1.79. The molecule has 21 heavy (non-hydrogen) atoms. The highest BCUT2D eigenvalue weighted by Crippen LogP contribution is 2.40. The second-order valence-electron chi connectivity index (χ2n) is 5.15. The van der Waals surface area contributed by atoms with Gasteiger partial charge in [-0.05, 0) is 11.1 Å². The van der Waals surface area contributed by atoms with Gasteiger partial charge in [-0.3, -0.25) is 15.0 Å². The van der Waals surface area contributed by atoms with E-state index in [2.05, 4.69) is 12.1 Å². The molecule has 0 radical (unpaired) electrons. The zero-order valence-electron chi connectivity index (χ0n) is 11.7. The maximum absolute atomic E-state index is 10.7. The minimum Gasteiger partial charge on any atom is -0.291 e. The van der Waals surface area contributed by atoms with Crippen molar-refractivity contribution in [2.24, 2.45) is 0 Å². The zero-order valence-corrected chi connectivity index (χ0v) is 11.7. The topological polar surface area (TPSA) is 55.6 Å². The van der Waals surface area contributed by atoms with E-state index in [0.717, 1.165) is 17.5 Å². The lowest BCUT2D eigenvalue weighted by Crippen LogP contribution is -2.16. The first-order valence-electron chi connectivity index (χ1n) is 6.84. The van der Waals surface area contributed by atoms with E-state index in [9.17, 15) is 10.1 Å². The maximum atomic E-state index is 10.7. The summed E-state index contributed by atoms with van der Waals surface area (Å²) in [6.07, 6.45) is 0.856. The van der Waals surface area contributed by atoms with Gasteiger partial charge in [0.25, 0.3) is 5.69 Å². The van der Waals surface area contributed by atoms with Crippen molar-refractivity contribution >= 4 is 5.69 Å². The molecule has 0 amide bonds. The summed E-state index contributed by atoms with van der Waals surface area (Å²) in [5.41, 5.74) is 2.29. The van der Waals surface area contributed by atoms with Crippen LogP contribution in [0.25, 0.3) is 0 Å². The van der Waals surface area contributed by atoms with Crippen molar-refractivity contribution in [3.05, 3.63) is 75.8 Å². The van der Waals surface area contributed by atoms with E-state index in [4.69, 9.17) is 4.84 Å². The highest BCUT2D eigenvalue weighted by molar-refractivity contribution is 5.34. The molecule has 5 heteroatoms. The number of nitro benzene ring substituents is 1. The monoisotopic (exact) mass is 284 g/mol. The van der Waals surface area contributed by atoms with E-state index in [1.807, 2.05) is 30.3 Å². The molecule has 5 nitrogen and oxygen atoms in total. The molecule has 1 saturated heterocycles.